The van der Waals surface area contributed by atoms with Crippen LogP contribution in [0.4, 0.5) is 5.69 Å². The highest BCUT2D eigenvalue weighted by Gasteiger charge is 2.45. The van der Waals surface area contributed by atoms with Crippen molar-refractivity contribution in [3.8, 4) is 5.75 Å². The van der Waals surface area contributed by atoms with Crippen LogP contribution < -0.4 is 9.64 Å². The minimum atomic E-state index is -0.547. The lowest BCUT2D eigenvalue weighted by molar-refractivity contribution is -0.160. The number of piperazine rings is 1. The van der Waals surface area contributed by atoms with Gasteiger partial charge in [-0.15, -0.1) is 0 Å². The van der Waals surface area contributed by atoms with Crippen LogP contribution in [0.5, 0.6) is 5.75 Å². The van der Waals surface area contributed by atoms with Gasteiger partial charge in [-0.3, -0.25) is 4.79 Å². The van der Waals surface area contributed by atoms with E-state index in [-0.39, 0.29) is 5.97 Å². The molecule has 0 aromatic heterocycles. The van der Waals surface area contributed by atoms with Crippen LogP contribution in [0.2, 0.25) is 0 Å². The highest BCUT2D eigenvalue weighted by atomic mass is 32.2. The number of carbonyl (C=O) groups excluding carboxylic acids is 1. The number of hydrogen-bond donors (Lipinski definition) is 0. The van der Waals surface area contributed by atoms with Crippen LogP contribution in [0.15, 0.2) is 24.3 Å². The molecule has 0 saturated carbocycles. The second-order valence-electron chi connectivity index (χ2n) is 8.95. The fraction of sp³-hybridized carbons (Fsp3) is 0.696. The maximum Gasteiger partial charge on any atom is 0.324 e. The Morgan fingerprint density at radius 2 is 1.71 bits per heavy atom. The molecule has 1 aromatic carbocycles. The summed E-state index contributed by atoms with van der Waals surface area (Å²) >= 11 is 1.67. The van der Waals surface area contributed by atoms with Gasteiger partial charge < -0.3 is 23.8 Å². The van der Waals surface area contributed by atoms with Crippen molar-refractivity contribution < 1.29 is 23.7 Å². The first-order valence-electron chi connectivity index (χ1n) is 11.0. The van der Waals surface area contributed by atoms with Crippen LogP contribution in [-0.2, 0) is 19.0 Å². The summed E-state index contributed by atoms with van der Waals surface area (Å²) in [6.07, 6.45) is 1.38. The van der Waals surface area contributed by atoms with Gasteiger partial charge in [-0.1, -0.05) is 11.9 Å². The van der Waals surface area contributed by atoms with E-state index in [2.05, 4.69) is 21.3 Å². The molecule has 0 aliphatic carbocycles. The molecule has 2 fully saturated rings. The number of ether oxygens (including phenoxy) is 4. The molecule has 8 heteroatoms. The molecule has 2 aliphatic heterocycles. The van der Waals surface area contributed by atoms with Crippen LogP contribution >= 0.6 is 11.9 Å². The van der Waals surface area contributed by atoms with Gasteiger partial charge in [-0.2, -0.15) is 0 Å². The summed E-state index contributed by atoms with van der Waals surface area (Å²) in [5, 5.41) is 0. The Balaban J connectivity index is 1.55. The SMILES string of the molecule is COCCOc1ccc(N2CCN(SC3(C(=O)OC(C)(C)C)CCOCC3)CC2)cc1. The third kappa shape index (κ3) is 7.00. The smallest absolute Gasteiger partial charge is 0.324 e. The normalized spacial score (nSPS) is 19.8. The van der Waals surface area contributed by atoms with E-state index >= 15 is 0 Å². The molecule has 2 saturated heterocycles. The quantitative estimate of drug-likeness (QED) is 0.338. The molecule has 174 valence electrons. The lowest BCUT2D eigenvalue weighted by atomic mass is 9.99. The Bertz CT molecular complexity index is 693. The van der Waals surface area contributed by atoms with Crippen LogP contribution in [0.3, 0.4) is 0 Å². The van der Waals surface area contributed by atoms with E-state index in [1.807, 2.05) is 32.9 Å². The topological polar surface area (TPSA) is 60.5 Å². The van der Waals surface area contributed by atoms with E-state index in [0.29, 0.717) is 39.3 Å². The number of methoxy groups -OCH3 is 1. The zero-order valence-electron chi connectivity index (χ0n) is 19.2. The van der Waals surface area contributed by atoms with E-state index in [9.17, 15) is 4.79 Å². The van der Waals surface area contributed by atoms with E-state index in [1.165, 1.54) is 5.69 Å². The molecular weight excluding hydrogens is 416 g/mol. The third-order valence-electron chi connectivity index (χ3n) is 5.37. The van der Waals surface area contributed by atoms with Gasteiger partial charge in [0.25, 0.3) is 0 Å². The molecule has 7 nitrogen and oxygen atoms in total. The maximum absolute atomic E-state index is 13.1. The summed E-state index contributed by atoms with van der Waals surface area (Å²) in [6, 6.07) is 8.22. The number of carbonyl (C=O) groups is 1. The van der Waals surface area contributed by atoms with Gasteiger partial charge in [0, 0.05) is 52.2 Å². The lowest BCUT2D eigenvalue weighted by Crippen LogP contribution is -2.50. The van der Waals surface area contributed by atoms with Gasteiger partial charge in [0.2, 0.25) is 0 Å². The van der Waals surface area contributed by atoms with Gasteiger partial charge in [-0.05, 0) is 57.9 Å². The van der Waals surface area contributed by atoms with Crippen molar-refractivity contribution in [1.29, 1.82) is 0 Å². The molecule has 0 N–H and O–H groups in total. The molecule has 1 aromatic rings. The predicted molar refractivity (Wildman–Crippen MR) is 124 cm³/mol. The Kier molecular flexibility index (Phi) is 8.50. The maximum atomic E-state index is 13.1. The van der Waals surface area contributed by atoms with Crippen molar-refractivity contribution in [3.05, 3.63) is 24.3 Å². The Morgan fingerprint density at radius 3 is 2.29 bits per heavy atom. The Labute approximate surface area is 190 Å². The van der Waals surface area contributed by atoms with Gasteiger partial charge in [-0.25, -0.2) is 4.31 Å². The Morgan fingerprint density at radius 1 is 1.06 bits per heavy atom. The van der Waals surface area contributed by atoms with Gasteiger partial charge >= 0.3 is 5.97 Å². The second kappa shape index (κ2) is 10.9. The fourth-order valence-electron chi connectivity index (χ4n) is 3.69. The zero-order chi connectivity index (χ0) is 22.3. The van der Waals surface area contributed by atoms with Crippen LogP contribution in [0.25, 0.3) is 0 Å². The minimum Gasteiger partial charge on any atom is -0.491 e. The minimum absolute atomic E-state index is 0.111. The summed E-state index contributed by atoms with van der Waals surface area (Å²) < 4.78 is 23.8. The molecule has 2 aliphatic rings. The van der Waals surface area contributed by atoms with Crippen molar-refractivity contribution in [1.82, 2.24) is 4.31 Å². The number of benzene rings is 1. The van der Waals surface area contributed by atoms with Gasteiger partial charge in [0.1, 0.15) is 22.7 Å². The van der Waals surface area contributed by atoms with Crippen molar-refractivity contribution in [2.45, 2.75) is 44.0 Å². The molecule has 31 heavy (non-hydrogen) atoms. The van der Waals surface area contributed by atoms with E-state index in [4.69, 9.17) is 18.9 Å². The molecular formula is C23H36N2O5S. The summed E-state index contributed by atoms with van der Waals surface area (Å²) in [5.41, 5.74) is 0.706. The molecule has 0 unspecified atom stereocenters. The lowest BCUT2D eigenvalue weighted by Gasteiger charge is -2.42. The van der Waals surface area contributed by atoms with Gasteiger partial charge in [0.15, 0.2) is 0 Å². The number of esters is 1. The first kappa shape index (κ1) is 24.2. The van der Waals surface area contributed by atoms with Crippen LogP contribution in [0.1, 0.15) is 33.6 Å². The molecule has 0 atom stereocenters. The molecule has 2 heterocycles. The molecule has 3 rings (SSSR count). The standard InChI is InChI=1S/C23H36N2O5S/c1-22(2,3)30-21(26)23(9-15-28-16-10-23)31-25-13-11-24(12-14-25)19-5-7-20(8-6-19)29-18-17-27-4/h5-8H,9-18H2,1-4H3. The van der Waals surface area contributed by atoms with Crippen molar-refractivity contribution >= 4 is 23.6 Å². The molecule has 0 amide bonds. The second-order valence-corrected chi connectivity index (χ2v) is 10.4. The van der Waals surface area contributed by atoms with Crippen molar-refractivity contribution in [2.75, 3.05) is 64.6 Å². The number of rotatable bonds is 8. The highest BCUT2D eigenvalue weighted by Crippen LogP contribution is 2.40. The monoisotopic (exact) mass is 452 g/mol. The predicted octanol–water partition coefficient (Wildman–Crippen LogP) is 3.37. The number of hydrogen-bond acceptors (Lipinski definition) is 8. The van der Waals surface area contributed by atoms with Crippen LogP contribution in [0, 0.1) is 0 Å². The van der Waals surface area contributed by atoms with Gasteiger partial charge in [0.05, 0.1) is 6.61 Å². The van der Waals surface area contributed by atoms with E-state index < -0.39 is 10.3 Å². The van der Waals surface area contributed by atoms with Crippen LogP contribution in [-0.4, -0.2) is 80.3 Å². The summed E-state index contributed by atoms with van der Waals surface area (Å²) in [7, 11) is 1.67. The molecule has 0 radical (unpaired) electrons. The zero-order valence-corrected chi connectivity index (χ0v) is 20.0. The summed E-state index contributed by atoms with van der Waals surface area (Å²) in [5.74, 6) is 0.744. The summed E-state index contributed by atoms with van der Waals surface area (Å²) in [4.78, 5) is 15.4. The third-order valence-corrected chi connectivity index (χ3v) is 6.92. The average molecular weight is 453 g/mol. The molecule has 0 bridgehead atoms. The first-order valence-corrected chi connectivity index (χ1v) is 11.8. The van der Waals surface area contributed by atoms with E-state index in [0.717, 1.165) is 31.9 Å². The highest BCUT2D eigenvalue weighted by molar-refractivity contribution is 7.99. The molecule has 0 spiro atoms. The van der Waals surface area contributed by atoms with Crippen molar-refractivity contribution in [3.63, 3.8) is 0 Å². The first-order chi connectivity index (χ1) is 14.8. The fourth-order valence-corrected chi connectivity index (χ4v) is 4.99. The average Bonchev–Trinajstić information content (AvgIpc) is 2.74. The Hall–Kier alpha value is -1.48. The summed E-state index contributed by atoms with van der Waals surface area (Å²) in [6.45, 7) is 11.7. The number of anilines is 1. The van der Waals surface area contributed by atoms with Crippen molar-refractivity contribution in [2.24, 2.45) is 0 Å². The van der Waals surface area contributed by atoms with E-state index in [1.54, 1.807) is 19.1 Å². The number of nitrogens with zero attached hydrogens (tertiary/aromatic N) is 2. The largest absolute Gasteiger partial charge is 0.491 e.